The number of likely N-dealkylation sites (N-methyl/N-ethyl adjacent to an activating group) is 1. The van der Waals surface area contributed by atoms with Crippen LogP contribution in [0.2, 0.25) is 0 Å². The van der Waals surface area contributed by atoms with Crippen LogP contribution in [0.1, 0.15) is 28.8 Å². The van der Waals surface area contributed by atoms with Crippen LogP contribution in [0, 0.1) is 23.1 Å². The minimum absolute atomic E-state index is 0.0588. The van der Waals surface area contributed by atoms with E-state index in [4.69, 9.17) is 11.1 Å². The fourth-order valence-corrected chi connectivity index (χ4v) is 6.74. The van der Waals surface area contributed by atoms with Crippen molar-refractivity contribution in [2.45, 2.75) is 37.1 Å². The summed E-state index contributed by atoms with van der Waals surface area (Å²) in [6.45, 7) is 0.195. The van der Waals surface area contributed by atoms with Gasteiger partial charge in [0.2, 0.25) is 5.91 Å². The van der Waals surface area contributed by atoms with E-state index < -0.39 is 92.9 Å². The van der Waals surface area contributed by atoms with E-state index in [-0.39, 0.29) is 43.5 Å². The number of anilines is 1. The second-order valence-corrected chi connectivity index (χ2v) is 11.3. The van der Waals surface area contributed by atoms with E-state index in [0.717, 1.165) is 6.07 Å². The summed E-state index contributed by atoms with van der Waals surface area (Å²) < 4.78 is 28.8. The Labute approximate surface area is 233 Å². The summed E-state index contributed by atoms with van der Waals surface area (Å²) in [6, 6.07) is -0.210. The molecule has 8 N–H and O–H groups in total. The Bertz CT molecular complexity index is 1460. The SMILES string of the molecule is CN(C)[C@@H]1C(O)=C(C(N)=O)C(=N)[C@@]2(O)C(O)=C3C(=O)c4c(O)c(NC(=O)CN5CC[C@@H](F)C5)cc(F)c4C[C@H]3C[C@@H]12. The van der Waals surface area contributed by atoms with E-state index in [2.05, 4.69) is 5.32 Å². The zero-order valence-corrected chi connectivity index (χ0v) is 22.4. The molecular formula is C27H31F2N5O7. The normalized spacial score (nSPS) is 29.9. The molecule has 1 fully saturated rings. The number of aliphatic hydroxyl groups excluding tert-OH is 2. The van der Waals surface area contributed by atoms with Crippen LogP contribution in [0.4, 0.5) is 14.5 Å². The zero-order chi connectivity index (χ0) is 30.1. The third-order valence-electron chi connectivity index (χ3n) is 8.58. The lowest BCUT2D eigenvalue weighted by atomic mass is 9.58. The molecule has 2 amide bonds. The molecule has 0 radical (unpaired) electrons. The number of aliphatic hydroxyl groups is 3. The van der Waals surface area contributed by atoms with Gasteiger partial charge in [0.25, 0.3) is 5.91 Å². The fourth-order valence-electron chi connectivity index (χ4n) is 6.74. The summed E-state index contributed by atoms with van der Waals surface area (Å²) in [4.78, 5) is 41.5. The average Bonchev–Trinajstić information content (AvgIpc) is 3.28. The number of hydrogen-bond donors (Lipinski definition) is 7. The van der Waals surface area contributed by atoms with Crippen molar-refractivity contribution in [2.75, 3.05) is 39.0 Å². The quantitative estimate of drug-likeness (QED) is 0.247. The number of fused-ring (bicyclic) bond motifs is 3. The lowest BCUT2D eigenvalue weighted by Crippen LogP contribution is -2.63. The van der Waals surface area contributed by atoms with Gasteiger partial charge in [0.15, 0.2) is 17.1 Å². The summed E-state index contributed by atoms with van der Waals surface area (Å²) >= 11 is 0. The largest absolute Gasteiger partial charge is 0.510 e. The maximum absolute atomic E-state index is 15.4. The van der Waals surface area contributed by atoms with E-state index in [1.54, 1.807) is 19.0 Å². The number of carbonyl (C=O) groups excluding carboxylic acids is 3. The number of primary amides is 1. The molecule has 12 nitrogen and oxygen atoms in total. The Morgan fingerprint density at radius 2 is 1.98 bits per heavy atom. The number of nitrogens with zero attached hydrogens (tertiary/aromatic N) is 2. The van der Waals surface area contributed by atoms with Crippen molar-refractivity contribution in [3.05, 3.63) is 45.7 Å². The molecule has 0 spiro atoms. The lowest BCUT2D eigenvalue weighted by molar-refractivity contribution is -0.117. The van der Waals surface area contributed by atoms with E-state index in [9.17, 15) is 39.2 Å². The summed E-state index contributed by atoms with van der Waals surface area (Å²) in [5.41, 5.74) is -0.273. The molecule has 0 aromatic heterocycles. The van der Waals surface area contributed by atoms with Crippen LogP contribution in [0.25, 0.3) is 0 Å². The number of phenolic OH excluding ortho intramolecular Hbond substituents is 1. The van der Waals surface area contributed by atoms with Crippen molar-refractivity contribution >= 4 is 29.0 Å². The van der Waals surface area contributed by atoms with Crippen molar-refractivity contribution < 1.29 is 43.6 Å². The van der Waals surface area contributed by atoms with Gasteiger partial charge in [0, 0.05) is 36.2 Å². The number of ketones is 1. The smallest absolute Gasteiger partial charge is 0.254 e. The van der Waals surface area contributed by atoms with Crippen LogP contribution in [0.3, 0.4) is 0 Å². The number of nitrogens with two attached hydrogens (primary N) is 1. The summed E-state index contributed by atoms with van der Waals surface area (Å²) in [6.07, 6.45) is -1.08. The van der Waals surface area contributed by atoms with Crippen molar-refractivity contribution in [3.63, 3.8) is 0 Å². The lowest BCUT2D eigenvalue weighted by Gasteiger charge is -2.51. The van der Waals surface area contributed by atoms with Gasteiger partial charge in [-0.1, -0.05) is 0 Å². The molecule has 0 bridgehead atoms. The standard InChI is InChI=1S/C27H31F2N5O7/c1-33(2)20-13-6-10-5-12-14(29)7-15(32-16(35)9-34-4-3-11(28)8-34)21(36)18(12)22(37)17(10)25(39)27(13,41)24(30)19(23(20)38)26(31)40/h7,10-11,13,20,30,36,38-39,41H,3-6,8-9H2,1-2H3,(H2,31,40)(H,32,35)/t10-,11+,13-,20-,27+/m0/s1. The molecule has 220 valence electrons. The minimum atomic E-state index is -2.60. The Balaban J connectivity index is 1.56. The Hall–Kier alpha value is -3.88. The molecule has 4 aliphatic rings. The van der Waals surface area contributed by atoms with Crippen LogP contribution in [-0.2, 0) is 16.0 Å². The zero-order valence-electron chi connectivity index (χ0n) is 22.4. The molecule has 1 saturated heterocycles. The first-order valence-corrected chi connectivity index (χ1v) is 13.1. The van der Waals surface area contributed by atoms with Gasteiger partial charge in [0.1, 0.15) is 29.1 Å². The number of halogens is 2. The second kappa shape index (κ2) is 9.89. The highest BCUT2D eigenvalue weighted by atomic mass is 19.1. The highest BCUT2D eigenvalue weighted by Crippen LogP contribution is 2.53. The van der Waals surface area contributed by atoms with Crippen molar-refractivity contribution in [1.82, 2.24) is 9.80 Å². The van der Waals surface area contributed by atoms with Gasteiger partial charge in [-0.2, -0.15) is 0 Å². The number of nitrogens with one attached hydrogen (secondary N) is 2. The van der Waals surface area contributed by atoms with Crippen LogP contribution in [0.15, 0.2) is 28.7 Å². The number of likely N-dealkylation sites (tertiary alicyclic amines) is 1. The van der Waals surface area contributed by atoms with Crippen molar-refractivity contribution in [2.24, 2.45) is 17.6 Å². The van der Waals surface area contributed by atoms with Crippen LogP contribution in [0.5, 0.6) is 5.75 Å². The number of aromatic hydroxyl groups is 1. The number of allylic oxidation sites excluding steroid dienone is 1. The fraction of sp³-hybridized carbons (Fsp3) is 0.481. The number of Topliss-reactive ketones (excluding diaryl/α,β-unsaturated/α-hetero) is 1. The summed E-state index contributed by atoms with van der Waals surface area (Å²) in [5, 5.41) is 55.8. The number of phenols is 1. The van der Waals surface area contributed by atoms with Gasteiger partial charge in [-0.3, -0.25) is 24.2 Å². The molecule has 1 aromatic rings. The number of alkyl halides is 1. The van der Waals surface area contributed by atoms with Crippen LogP contribution < -0.4 is 11.1 Å². The highest BCUT2D eigenvalue weighted by Gasteiger charge is 2.61. The van der Waals surface area contributed by atoms with Gasteiger partial charge in [-0.05, 0) is 39.3 Å². The van der Waals surface area contributed by atoms with Gasteiger partial charge in [0.05, 0.1) is 29.5 Å². The molecule has 14 heteroatoms. The molecule has 1 aliphatic heterocycles. The van der Waals surface area contributed by atoms with Crippen LogP contribution in [-0.4, -0.2) is 105 Å². The van der Waals surface area contributed by atoms with Gasteiger partial charge in [-0.25, -0.2) is 8.78 Å². The van der Waals surface area contributed by atoms with E-state index >= 15 is 4.39 Å². The van der Waals surface area contributed by atoms with Gasteiger partial charge < -0.3 is 36.9 Å². The molecule has 0 saturated carbocycles. The first-order valence-electron chi connectivity index (χ1n) is 13.1. The number of rotatable bonds is 5. The molecule has 3 aliphatic carbocycles. The van der Waals surface area contributed by atoms with Crippen molar-refractivity contribution in [3.8, 4) is 5.75 Å². The van der Waals surface area contributed by atoms with E-state index in [0.29, 0.717) is 6.54 Å². The predicted octanol–water partition coefficient (Wildman–Crippen LogP) is 0.693. The predicted molar refractivity (Wildman–Crippen MR) is 141 cm³/mol. The average molecular weight is 576 g/mol. The second-order valence-electron chi connectivity index (χ2n) is 11.3. The number of benzene rings is 1. The first kappa shape index (κ1) is 28.6. The third kappa shape index (κ3) is 4.28. The Morgan fingerprint density at radius 3 is 2.56 bits per heavy atom. The molecule has 0 unspecified atom stereocenters. The molecule has 1 heterocycles. The minimum Gasteiger partial charge on any atom is -0.510 e. The van der Waals surface area contributed by atoms with Crippen LogP contribution >= 0.6 is 0 Å². The van der Waals surface area contributed by atoms with Gasteiger partial charge >= 0.3 is 0 Å². The van der Waals surface area contributed by atoms with E-state index in [1.165, 1.54) is 4.90 Å². The topological polar surface area (TPSA) is 201 Å². The molecule has 5 rings (SSSR count). The maximum Gasteiger partial charge on any atom is 0.254 e. The monoisotopic (exact) mass is 575 g/mol. The number of amides is 2. The highest BCUT2D eigenvalue weighted by molar-refractivity contribution is 6.26. The number of carbonyl (C=O) groups is 3. The molecular weight excluding hydrogens is 544 g/mol. The van der Waals surface area contributed by atoms with Gasteiger partial charge in [-0.15, -0.1) is 0 Å². The molecule has 1 aromatic carbocycles. The summed E-state index contributed by atoms with van der Waals surface area (Å²) in [5.74, 6) is -8.09. The molecule has 41 heavy (non-hydrogen) atoms. The maximum atomic E-state index is 15.4. The van der Waals surface area contributed by atoms with E-state index in [1.807, 2.05) is 0 Å². The molecule has 5 atom stereocenters. The van der Waals surface area contributed by atoms with Crippen molar-refractivity contribution in [1.29, 1.82) is 5.41 Å². The third-order valence-corrected chi connectivity index (χ3v) is 8.58. The Morgan fingerprint density at radius 1 is 1.29 bits per heavy atom. The summed E-state index contributed by atoms with van der Waals surface area (Å²) in [7, 11) is 3.08. The number of hydrogen-bond acceptors (Lipinski definition) is 10. The Kier molecular flexibility index (Phi) is 6.91. The first-order chi connectivity index (χ1) is 19.2.